The molecule has 0 saturated heterocycles. The predicted molar refractivity (Wildman–Crippen MR) is 81.3 cm³/mol. The van der Waals surface area contributed by atoms with E-state index in [0.29, 0.717) is 16.9 Å². The Labute approximate surface area is 121 Å². The van der Waals surface area contributed by atoms with Gasteiger partial charge in [-0.1, -0.05) is 6.92 Å². The fourth-order valence-corrected chi connectivity index (χ4v) is 3.04. The maximum Gasteiger partial charge on any atom is 0.336 e. The first-order valence-corrected chi connectivity index (χ1v) is 7.62. The summed E-state index contributed by atoms with van der Waals surface area (Å²) < 4.78 is 5.20. The van der Waals surface area contributed by atoms with Crippen LogP contribution in [-0.2, 0) is 5.75 Å². The SMILES string of the molecule is Cc1c(O)ccc2c(CSCC(C)CO)cc(=O)oc12. The molecule has 0 saturated carbocycles. The van der Waals surface area contributed by atoms with E-state index in [1.54, 1.807) is 30.8 Å². The number of aliphatic hydroxyl groups excluding tert-OH is 1. The highest BCUT2D eigenvalue weighted by atomic mass is 32.2. The topological polar surface area (TPSA) is 70.7 Å². The van der Waals surface area contributed by atoms with Crippen LogP contribution in [0.3, 0.4) is 0 Å². The molecule has 0 aliphatic rings. The zero-order valence-corrected chi connectivity index (χ0v) is 12.4. The van der Waals surface area contributed by atoms with Gasteiger partial charge in [-0.15, -0.1) is 0 Å². The van der Waals surface area contributed by atoms with Crippen molar-refractivity contribution in [2.75, 3.05) is 12.4 Å². The minimum atomic E-state index is -0.406. The molecule has 1 atom stereocenters. The van der Waals surface area contributed by atoms with Crippen molar-refractivity contribution in [1.82, 2.24) is 0 Å². The van der Waals surface area contributed by atoms with E-state index in [1.807, 2.05) is 6.92 Å². The molecule has 20 heavy (non-hydrogen) atoms. The smallest absolute Gasteiger partial charge is 0.336 e. The van der Waals surface area contributed by atoms with Crippen LogP contribution in [0.25, 0.3) is 11.0 Å². The molecule has 1 aromatic carbocycles. The molecule has 0 bridgehead atoms. The summed E-state index contributed by atoms with van der Waals surface area (Å²) in [7, 11) is 0. The first-order valence-electron chi connectivity index (χ1n) is 6.46. The average Bonchev–Trinajstić information content (AvgIpc) is 2.43. The Hall–Kier alpha value is -1.46. The molecule has 1 aromatic heterocycles. The van der Waals surface area contributed by atoms with Gasteiger partial charge in [-0.3, -0.25) is 0 Å². The maximum atomic E-state index is 11.6. The number of phenolic OH excluding ortho intramolecular Hbond substituents is 1. The van der Waals surface area contributed by atoms with Gasteiger partial charge in [0.15, 0.2) is 0 Å². The number of rotatable bonds is 5. The monoisotopic (exact) mass is 294 g/mol. The van der Waals surface area contributed by atoms with Gasteiger partial charge in [-0.25, -0.2) is 4.79 Å². The molecule has 2 N–H and O–H groups in total. The van der Waals surface area contributed by atoms with Gasteiger partial charge in [0.2, 0.25) is 0 Å². The minimum Gasteiger partial charge on any atom is -0.508 e. The third-order valence-electron chi connectivity index (χ3n) is 3.19. The standard InChI is InChI=1S/C15H18O4S/c1-9(6-16)7-20-8-11-5-14(18)19-15-10(2)13(17)4-3-12(11)15/h3-5,9,16-17H,6-8H2,1-2H3. The van der Waals surface area contributed by atoms with E-state index in [1.165, 1.54) is 6.07 Å². The summed E-state index contributed by atoms with van der Waals surface area (Å²) in [6.45, 7) is 3.87. The van der Waals surface area contributed by atoms with Gasteiger partial charge < -0.3 is 14.6 Å². The molecule has 0 amide bonds. The Balaban J connectivity index is 2.33. The van der Waals surface area contributed by atoms with Crippen molar-refractivity contribution in [2.45, 2.75) is 19.6 Å². The number of hydrogen-bond acceptors (Lipinski definition) is 5. The Kier molecular flexibility index (Phi) is 4.73. The third kappa shape index (κ3) is 3.16. The van der Waals surface area contributed by atoms with Gasteiger partial charge in [-0.05, 0) is 36.3 Å². The van der Waals surface area contributed by atoms with Crippen LogP contribution in [-0.4, -0.2) is 22.6 Å². The predicted octanol–water partition coefficient (Wildman–Crippen LogP) is 2.67. The molecular weight excluding hydrogens is 276 g/mol. The second-order valence-electron chi connectivity index (χ2n) is 4.98. The van der Waals surface area contributed by atoms with Crippen LogP contribution in [0.5, 0.6) is 5.75 Å². The molecule has 0 aliphatic heterocycles. The molecule has 0 radical (unpaired) electrons. The molecule has 0 fully saturated rings. The highest BCUT2D eigenvalue weighted by Gasteiger charge is 2.11. The van der Waals surface area contributed by atoms with Crippen molar-refractivity contribution in [1.29, 1.82) is 0 Å². The maximum absolute atomic E-state index is 11.6. The number of aromatic hydroxyl groups is 1. The van der Waals surface area contributed by atoms with E-state index in [0.717, 1.165) is 16.7 Å². The van der Waals surface area contributed by atoms with Gasteiger partial charge >= 0.3 is 5.63 Å². The second-order valence-corrected chi connectivity index (χ2v) is 6.01. The lowest BCUT2D eigenvalue weighted by Crippen LogP contribution is -2.05. The van der Waals surface area contributed by atoms with Gasteiger partial charge in [0.05, 0.1) is 0 Å². The molecule has 2 aromatic rings. The summed E-state index contributed by atoms with van der Waals surface area (Å²) >= 11 is 1.67. The summed E-state index contributed by atoms with van der Waals surface area (Å²) in [5, 5.41) is 19.5. The van der Waals surface area contributed by atoms with E-state index in [9.17, 15) is 9.90 Å². The number of fused-ring (bicyclic) bond motifs is 1. The van der Waals surface area contributed by atoms with Crippen LogP contribution in [0.1, 0.15) is 18.1 Å². The zero-order chi connectivity index (χ0) is 14.7. The minimum absolute atomic E-state index is 0.124. The first kappa shape index (κ1) is 14.9. The fraction of sp³-hybridized carbons (Fsp3) is 0.400. The van der Waals surface area contributed by atoms with E-state index in [-0.39, 0.29) is 18.3 Å². The summed E-state index contributed by atoms with van der Waals surface area (Å²) in [6, 6.07) is 4.88. The van der Waals surface area contributed by atoms with Gasteiger partial charge in [0.1, 0.15) is 11.3 Å². The van der Waals surface area contributed by atoms with Crippen LogP contribution in [0.2, 0.25) is 0 Å². The highest BCUT2D eigenvalue weighted by molar-refractivity contribution is 7.98. The Morgan fingerprint density at radius 1 is 1.40 bits per heavy atom. The molecular formula is C15H18O4S. The Morgan fingerprint density at radius 3 is 2.85 bits per heavy atom. The molecule has 0 aliphatic carbocycles. The second kappa shape index (κ2) is 6.33. The number of aliphatic hydroxyl groups is 1. The lowest BCUT2D eigenvalue weighted by atomic mass is 10.1. The third-order valence-corrected chi connectivity index (χ3v) is 4.51. The number of benzene rings is 1. The van der Waals surface area contributed by atoms with E-state index in [2.05, 4.69) is 0 Å². The zero-order valence-electron chi connectivity index (χ0n) is 11.5. The summed E-state index contributed by atoms with van der Waals surface area (Å²) in [5.41, 5.74) is 1.52. The van der Waals surface area contributed by atoms with Crippen molar-refractivity contribution in [3.8, 4) is 5.75 Å². The lowest BCUT2D eigenvalue weighted by Gasteiger charge is -2.10. The first-order chi connectivity index (χ1) is 9.52. The van der Waals surface area contributed by atoms with Gasteiger partial charge in [0, 0.05) is 29.4 Å². The average molecular weight is 294 g/mol. The number of aryl methyl sites for hydroxylation is 1. The largest absolute Gasteiger partial charge is 0.508 e. The molecule has 0 spiro atoms. The van der Waals surface area contributed by atoms with Crippen molar-refractivity contribution >= 4 is 22.7 Å². The molecule has 108 valence electrons. The summed E-state index contributed by atoms with van der Waals surface area (Å²) in [6.07, 6.45) is 0. The van der Waals surface area contributed by atoms with Crippen molar-refractivity contribution in [2.24, 2.45) is 5.92 Å². The number of phenols is 1. The van der Waals surface area contributed by atoms with Crippen LogP contribution in [0.4, 0.5) is 0 Å². The molecule has 2 rings (SSSR count). The summed E-state index contributed by atoms with van der Waals surface area (Å²) in [5.74, 6) is 1.86. The van der Waals surface area contributed by atoms with Gasteiger partial charge in [0.25, 0.3) is 0 Å². The molecule has 1 heterocycles. The van der Waals surface area contributed by atoms with E-state index >= 15 is 0 Å². The van der Waals surface area contributed by atoms with E-state index in [4.69, 9.17) is 9.52 Å². The van der Waals surface area contributed by atoms with Crippen LogP contribution in [0.15, 0.2) is 27.4 Å². The van der Waals surface area contributed by atoms with Crippen molar-refractivity contribution in [3.63, 3.8) is 0 Å². The van der Waals surface area contributed by atoms with Crippen LogP contribution < -0.4 is 5.63 Å². The van der Waals surface area contributed by atoms with E-state index < -0.39 is 5.63 Å². The fourth-order valence-electron chi connectivity index (χ4n) is 1.96. The van der Waals surface area contributed by atoms with Crippen LogP contribution in [0, 0.1) is 12.8 Å². The molecule has 4 nitrogen and oxygen atoms in total. The Bertz CT molecular complexity index is 663. The summed E-state index contributed by atoms with van der Waals surface area (Å²) in [4.78, 5) is 11.6. The lowest BCUT2D eigenvalue weighted by molar-refractivity contribution is 0.250. The molecule has 5 heteroatoms. The molecule has 1 unspecified atom stereocenters. The van der Waals surface area contributed by atoms with Gasteiger partial charge in [-0.2, -0.15) is 11.8 Å². The number of thioether (sulfide) groups is 1. The highest BCUT2D eigenvalue weighted by Crippen LogP contribution is 2.29. The van der Waals surface area contributed by atoms with Crippen LogP contribution >= 0.6 is 11.8 Å². The quantitative estimate of drug-likeness (QED) is 0.830. The number of hydrogen-bond donors (Lipinski definition) is 2. The van der Waals surface area contributed by atoms with Crippen molar-refractivity contribution in [3.05, 3.63) is 39.7 Å². The van der Waals surface area contributed by atoms with Crippen molar-refractivity contribution < 1.29 is 14.6 Å². The Morgan fingerprint density at radius 2 is 2.15 bits per heavy atom. The normalized spacial score (nSPS) is 12.8.